The first-order valence-corrected chi connectivity index (χ1v) is 17.0. The van der Waals surface area contributed by atoms with Gasteiger partial charge in [-0.2, -0.15) is 0 Å². The first-order valence-electron chi connectivity index (χ1n) is 15.1. The molecular formula is C33H51Br2N3O2. The number of carbonyl (C=O) groups is 2. The fourth-order valence-corrected chi connectivity index (χ4v) is 6.74. The summed E-state index contributed by atoms with van der Waals surface area (Å²) in [6.45, 7) is 18.8. The molecule has 5 nitrogen and oxygen atoms in total. The molecule has 3 rings (SSSR count). The number of halogens is 2. The van der Waals surface area contributed by atoms with Crippen molar-refractivity contribution < 1.29 is 9.59 Å². The van der Waals surface area contributed by atoms with Crippen LogP contribution in [-0.4, -0.2) is 39.1 Å². The summed E-state index contributed by atoms with van der Waals surface area (Å²) in [4.78, 5) is 29.0. The Balaban J connectivity index is 1.67. The van der Waals surface area contributed by atoms with Crippen LogP contribution in [0.3, 0.4) is 0 Å². The molecule has 7 heteroatoms. The van der Waals surface area contributed by atoms with Gasteiger partial charge in [0, 0.05) is 36.5 Å². The van der Waals surface area contributed by atoms with Gasteiger partial charge < -0.3 is 15.5 Å². The minimum absolute atomic E-state index is 0.00570. The molecule has 1 saturated carbocycles. The Hall–Kier alpha value is -1.34. The molecule has 1 aromatic carbocycles. The maximum absolute atomic E-state index is 13.9. The van der Waals surface area contributed by atoms with Crippen LogP contribution in [-0.2, 0) is 9.59 Å². The quantitative estimate of drug-likeness (QED) is 0.196. The van der Waals surface area contributed by atoms with Crippen LogP contribution in [0.4, 0.5) is 0 Å². The second-order valence-corrected chi connectivity index (χ2v) is 16.9. The maximum atomic E-state index is 13.9. The second-order valence-electron chi connectivity index (χ2n) is 13.7. The summed E-state index contributed by atoms with van der Waals surface area (Å²) in [5.41, 5.74) is 2.36. The highest BCUT2D eigenvalue weighted by molar-refractivity contribution is 9.24. The molecule has 2 N–H and O–H groups in total. The lowest BCUT2D eigenvalue weighted by molar-refractivity contribution is -0.127. The topological polar surface area (TPSA) is 61.4 Å². The van der Waals surface area contributed by atoms with Crippen LogP contribution in [0.2, 0.25) is 0 Å². The zero-order valence-corrected chi connectivity index (χ0v) is 28.6. The molecule has 2 fully saturated rings. The van der Waals surface area contributed by atoms with Crippen molar-refractivity contribution in [3.05, 3.63) is 48.2 Å². The van der Waals surface area contributed by atoms with Crippen molar-refractivity contribution in [2.45, 2.75) is 108 Å². The third kappa shape index (κ3) is 10.2. The van der Waals surface area contributed by atoms with Crippen molar-refractivity contribution in [1.29, 1.82) is 0 Å². The number of likely N-dealkylation sites (tertiary alicyclic amines) is 1. The van der Waals surface area contributed by atoms with E-state index in [-0.39, 0.29) is 39.1 Å². The van der Waals surface area contributed by atoms with Crippen molar-refractivity contribution in [1.82, 2.24) is 15.5 Å². The van der Waals surface area contributed by atoms with Gasteiger partial charge in [-0.15, -0.1) is 0 Å². The second kappa shape index (κ2) is 14.7. The fraction of sp³-hybridized carbons (Fsp3) is 0.697. The highest BCUT2D eigenvalue weighted by atomic mass is 79.9. The van der Waals surface area contributed by atoms with Crippen LogP contribution in [0, 0.1) is 29.1 Å². The summed E-state index contributed by atoms with van der Waals surface area (Å²) in [6.07, 6.45) is 6.26. The average molecular weight is 682 g/mol. The Morgan fingerprint density at radius 1 is 1.07 bits per heavy atom. The van der Waals surface area contributed by atoms with Crippen LogP contribution >= 0.6 is 31.9 Å². The average Bonchev–Trinajstić information content (AvgIpc) is 3.58. The number of amides is 2. The van der Waals surface area contributed by atoms with Crippen molar-refractivity contribution >= 4 is 43.7 Å². The Kier molecular flexibility index (Phi) is 12.2. The molecule has 0 bridgehead atoms. The third-order valence-electron chi connectivity index (χ3n) is 8.48. The molecule has 1 aliphatic carbocycles. The van der Waals surface area contributed by atoms with Gasteiger partial charge in [-0.05, 0) is 55.4 Å². The van der Waals surface area contributed by atoms with E-state index in [4.69, 9.17) is 0 Å². The van der Waals surface area contributed by atoms with E-state index in [2.05, 4.69) is 88.6 Å². The van der Waals surface area contributed by atoms with E-state index < -0.39 is 0 Å². The summed E-state index contributed by atoms with van der Waals surface area (Å²) >= 11 is 7.44. The SMILES string of the molecule is C=C(C(CC(C)(C)C)C(C)C)N1C[C@H](C(Br)Br)CC1C(=O)NC(CCC(=O)NC(C)c1ccccc1)CC1CC1. The Labute approximate surface area is 260 Å². The molecule has 0 spiro atoms. The lowest BCUT2D eigenvalue weighted by Gasteiger charge is -2.37. The van der Waals surface area contributed by atoms with Crippen molar-refractivity contribution in [3.8, 4) is 0 Å². The number of rotatable bonds is 14. The molecule has 1 saturated heterocycles. The van der Waals surface area contributed by atoms with Gasteiger partial charge in [-0.25, -0.2) is 0 Å². The number of hydrogen-bond donors (Lipinski definition) is 2. The zero-order valence-electron chi connectivity index (χ0n) is 25.4. The zero-order chi connectivity index (χ0) is 29.6. The van der Waals surface area contributed by atoms with E-state index in [0.29, 0.717) is 36.5 Å². The Morgan fingerprint density at radius 2 is 1.73 bits per heavy atom. The summed E-state index contributed by atoms with van der Waals surface area (Å²) in [7, 11) is 0. The maximum Gasteiger partial charge on any atom is 0.242 e. The van der Waals surface area contributed by atoms with E-state index in [0.717, 1.165) is 37.1 Å². The molecular weight excluding hydrogens is 630 g/mol. The van der Waals surface area contributed by atoms with E-state index in [1.165, 1.54) is 12.8 Å². The Morgan fingerprint density at radius 3 is 2.27 bits per heavy atom. The van der Waals surface area contributed by atoms with E-state index in [1.54, 1.807) is 0 Å². The predicted octanol–water partition coefficient (Wildman–Crippen LogP) is 7.96. The molecule has 224 valence electrons. The van der Waals surface area contributed by atoms with E-state index in [1.807, 2.05) is 37.3 Å². The van der Waals surface area contributed by atoms with Gasteiger partial charge in [0.15, 0.2) is 0 Å². The summed E-state index contributed by atoms with van der Waals surface area (Å²) in [5, 5.41) is 6.53. The predicted molar refractivity (Wildman–Crippen MR) is 173 cm³/mol. The highest BCUT2D eigenvalue weighted by Crippen LogP contribution is 2.41. The molecule has 4 unspecified atom stereocenters. The smallest absolute Gasteiger partial charge is 0.242 e. The van der Waals surface area contributed by atoms with E-state index >= 15 is 0 Å². The van der Waals surface area contributed by atoms with Crippen LogP contribution < -0.4 is 10.6 Å². The van der Waals surface area contributed by atoms with Gasteiger partial charge in [-0.3, -0.25) is 9.59 Å². The molecule has 5 atom stereocenters. The number of hydrogen-bond acceptors (Lipinski definition) is 3. The van der Waals surface area contributed by atoms with Gasteiger partial charge in [0.1, 0.15) is 6.04 Å². The normalized spacial score (nSPS) is 21.8. The van der Waals surface area contributed by atoms with Gasteiger partial charge in [0.25, 0.3) is 0 Å². The minimum Gasteiger partial charge on any atom is -0.363 e. The van der Waals surface area contributed by atoms with Crippen LogP contribution in [0.15, 0.2) is 42.6 Å². The molecule has 2 amide bonds. The monoisotopic (exact) mass is 679 g/mol. The molecule has 2 aliphatic rings. The summed E-state index contributed by atoms with van der Waals surface area (Å²) < 4.78 is 0.144. The van der Waals surface area contributed by atoms with E-state index in [9.17, 15) is 9.59 Å². The van der Waals surface area contributed by atoms with Gasteiger partial charge >= 0.3 is 0 Å². The lowest BCUT2D eigenvalue weighted by atomic mass is 9.78. The molecule has 1 aromatic rings. The lowest BCUT2D eigenvalue weighted by Crippen LogP contribution is -2.48. The number of allylic oxidation sites excluding steroid dienone is 1. The van der Waals surface area contributed by atoms with Crippen molar-refractivity contribution in [2.75, 3.05) is 6.54 Å². The standard InChI is InChI=1S/C33H51Br2N3O2/c1-21(2)28(19-33(5,6)7)23(4)38-20-26(31(34)35)18-29(38)32(40)37-27(17-24-13-14-24)15-16-30(39)36-22(3)25-11-9-8-10-12-25/h8-12,21-22,24,26-29,31H,4,13-20H2,1-3,5-7H3,(H,36,39)(H,37,40)/t22?,26-,27?,28?,29?/m1/s1. The molecule has 1 heterocycles. The third-order valence-corrected chi connectivity index (χ3v) is 9.98. The van der Waals surface area contributed by atoms with Crippen molar-refractivity contribution in [2.24, 2.45) is 29.1 Å². The highest BCUT2D eigenvalue weighted by Gasteiger charge is 2.42. The van der Waals surface area contributed by atoms with Crippen molar-refractivity contribution in [3.63, 3.8) is 0 Å². The Bertz CT molecular complexity index is 987. The van der Waals surface area contributed by atoms with Crippen LogP contribution in [0.5, 0.6) is 0 Å². The van der Waals surface area contributed by atoms with Crippen LogP contribution in [0.1, 0.15) is 98.1 Å². The summed E-state index contributed by atoms with van der Waals surface area (Å²) in [5.74, 6) is 1.83. The van der Waals surface area contributed by atoms with Gasteiger partial charge in [-0.1, -0.05) is 116 Å². The van der Waals surface area contributed by atoms with Crippen LogP contribution in [0.25, 0.3) is 0 Å². The fourth-order valence-electron chi connectivity index (χ4n) is 5.97. The number of carbonyl (C=O) groups excluding carboxylic acids is 2. The molecule has 40 heavy (non-hydrogen) atoms. The largest absolute Gasteiger partial charge is 0.363 e. The van der Waals surface area contributed by atoms with Gasteiger partial charge in [0.05, 0.1) is 9.78 Å². The number of alkyl halides is 2. The van der Waals surface area contributed by atoms with Gasteiger partial charge in [0.2, 0.25) is 11.8 Å². The summed E-state index contributed by atoms with van der Waals surface area (Å²) in [6, 6.07) is 9.75. The minimum atomic E-state index is -0.245. The number of nitrogens with zero attached hydrogens (tertiary/aromatic N) is 1. The molecule has 1 aliphatic heterocycles. The molecule has 0 radical (unpaired) electrons. The number of benzene rings is 1. The molecule has 0 aromatic heterocycles. The number of nitrogens with one attached hydrogen (secondary N) is 2. The first kappa shape index (κ1) is 33.2. The first-order chi connectivity index (χ1) is 18.7.